The zero-order chi connectivity index (χ0) is 12.3. The lowest BCUT2D eigenvalue weighted by Gasteiger charge is -2.27. The summed E-state index contributed by atoms with van der Waals surface area (Å²) >= 11 is 0. The van der Waals surface area contributed by atoms with E-state index in [4.69, 9.17) is 4.74 Å². The monoisotopic (exact) mass is 215 g/mol. The molecule has 0 spiro atoms. The summed E-state index contributed by atoms with van der Waals surface area (Å²) in [5.41, 5.74) is -1.08. The van der Waals surface area contributed by atoms with Crippen molar-refractivity contribution in [3.8, 4) is 0 Å². The maximum absolute atomic E-state index is 11.4. The Morgan fingerprint density at radius 1 is 1.13 bits per heavy atom. The van der Waals surface area contributed by atoms with Gasteiger partial charge in [0.15, 0.2) is 0 Å². The Bertz CT molecular complexity index is 251. The molecule has 0 aromatic carbocycles. The van der Waals surface area contributed by atoms with E-state index in [1.165, 1.54) is 6.92 Å². The molecule has 0 heterocycles. The van der Waals surface area contributed by atoms with E-state index in [1.807, 2.05) is 20.8 Å². The molecular formula is C11H21NO3. The standard InChI is InChI=1S/C11H21NO3/c1-8(13)7-11(5,6)15-9(14)12-10(2,3)4/h7H2,1-6H3,(H,12,14). The lowest BCUT2D eigenvalue weighted by molar-refractivity contribution is -0.120. The summed E-state index contributed by atoms with van der Waals surface area (Å²) in [7, 11) is 0. The Hall–Kier alpha value is -1.06. The molecule has 15 heavy (non-hydrogen) atoms. The van der Waals surface area contributed by atoms with Gasteiger partial charge in [0.1, 0.15) is 11.4 Å². The Labute approximate surface area is 91.4 Å². The molecule has 0 aliphatic rings. The van der Waals surface area contributed by atoms with Crippen LogP contribution in [0, 0.1) is 0 Å². The number of Topliss-reactive ketones (excluding diaryl/α,β-unsaturated/α-hetero) is 1. The lowest BCUT2D eigenvalue weighted by Crippen LogP contribution is -2.44. The molecule has 0 atom stereocenters. The number of carbonyl (C=O) groups is 2. The van der Waals surface area contributed by atoms with Crippen LogP contribution < -0.4 is 5.32 Å². The molecule has 0 aliphatic carbocycles. The molecule has 1 amide bonds. The summed E-state index contributed by atoms with van der Waals surface area (Å²) in [5, 5.41) is 2.68. The smallest absolute Gasteiger partial charge is 0.408 e. The van der Waals surface area contributed by atoms with Crippen molar-refractivity contribution in [1.82, 2.24) is 5.32 Å². The number of amides is 1. The van der Waals surface area contributed by atoms with Crippen molar-refractivity contribution in [2.45, 2.75) is 59.1 Å². The fraction of sp³-hybridized carbons (Fsp3) is 0.818. The normalized spacial score (nSPS) is 12.1. The van der Waals surface area contributed by atoms with Gasteiger partial charge in [-0.1, -0.05) is 0 Å². The van der Waals surface area contributed by atoms with Gasteiger partial charge in [0.25, 0.3) is 0 Å². The first-order valence-electron chi connectivity index (χ1n) is 5.02. The third-order valence-electron chi connectivity index (χ3n) is 1.52. The fourth-order valence-electron chi connectivity index (χ4n) is 1.22. The van der Waals surface area contributed by atoms with Gasteiger partial charge in [-0.05, 0) is 41.5 Å². The molecule has 0 bridgehead atoms. The highest BCUT2D eigenvalue weighted by atomic mass is 16.6. The van der Waals surface area contributed by atoms with Crippen molar-refractivity contribution >= 4 is 11.9 Å². The number of carbonyl (C=O) groups excluding carboxylic acids is 2. The van der Waals surface area contributed by atoms with E-state index in [1.54, 1.807) is 13.8 Å². The molecular weight excluding hydrogens is 194 g/mol. The van der Waals surface area contributed by atoms with E-state index in [9.17, 15) is 9.59 Å². The van der Waals surface area contributed by atoms with E-state index in [0.29, 0.717) is 0 Å². The molecule has 0 saturated heterocycles. The first-order chi connectivity index (χ1) is 6.52. The van der Waals surface area contributed by atoms with E-state index < -0.39 is 11.7 Å². The van der Waals surface area contributed by atoms with Crippen molar-refractivity contribution in [3.05, 3.63) is 0 Å². The molecule has 0 rings (SSSR count). The molecule has 0 fully saturated rings. The summed E-state index contributed by atoms with van der Waals surface area (Å²) in [6.07, 6.45) is -0.265. The van der Waals surface area contributed by atoms with Crippen LogP contribution in [0.4, 0.5) is 4.79 Å². The third-order valence-corrected chi connectivity index (χ3v) is 1.52. The highest BCUT2D eigenvalue weighted by Gasteiger charge is 2.26. The number of rotatable bonds is 3. The molecule has 0 unspecified atom stereocenters. The maximum atomic E-state index is 11.4. The zero-order valence-electron chi connectivity index (χ0n) is 10.4. The predicted octanol–water partition coefficient (Wildman–Crippen LogP) is 2.27. The largest absolute Gasteiger partial charge is 0.443 e. The summed E-state index contributed by atoms with van der Waals surface area (Å²) in [6, 6.07) is 0. The van der Waals surface area contributed by atoms with Crippen LogP contribution in [-0.4, -0.2) is 23.0 Å². The van der Waals surface area contributed by atoms with Gasteiger partial charge in [0.2, 0.25) is 0 Å². The van der Waals surface area contributed by atoms with E-state index in [-0.39, 0.29) is 17.7 Å². The average Bonchev–Trinajstić information content (AvgIpc) is 1.73. The fourth-order valence-corrected chi connectivity index (χ4v) is 1.22. The zero-order valence-corrected chi connectivity index (χ0v) is 10.4. The summed E-state index contributed by atoms with van der Waals surface area (Å²) in [4.78, 5) is 22.3. The number of hydrogen-bond donors (Lipinski definition) is 1. The van der Waals surface area contributed by atoms with Gasteiger partial charge in [-0.25, -0.2) is 4.79 Å². The predicted molar refractivity (Wildman–Crippen MR) is 58.7 cm³/mol. The number of nitrogens with one attached hydrogen (secondary N) is 1. The molecule has 88 valence electrons. The second-order valence-electron chi connectivity index (χ2n) is 5.40. The van der Waals surface area contributed by atoms with Gasteiger partial charge in [-0.2, -0.15) is 0 Å². The van der Waals surface area contributed by atoms with Gasteiger partial charge in [0, 0.05) is 12.0 Å². The van der Waals surface area contributed by atoms with Crippen molar-refractivity contribution in [3.63, 3.8) is 0 Å². The topological polar surface area (TPSA) is 55.4 Å². The Morgan fingerprint density at radius 2 is 1.60 bits per heavy atom. The third kappa shape index (κ3) is 7.97. The minimum Gasteiger partial charge on any atom is -0.443 e. The first-order valence-corrected chi connectivity index (χ1v) is 5.02. The number of alkyl carbamates (subject to hydrolysis) is 1. The van der Waals surface area contributed by atoms with Crippen LogP contribution in [0.1, 0.15) is 48.0 Å². The highest BCUT2D eigenvalue weighted by Crippen LogP contribution is 2.15. The van der Waals surface area contributed by atoms with Crippen LogP contribution >= 0.6 is 0 Å². The second-order valence-corrected chi connectivity index (χ2v) is 5.40. The van der Waals surface area contributed by atoms with Crippen molar-refractivity contribution in [1.29, 1.82) is 0 Å². The second kappa shape index (κ2) is 4.64. The van der Waals surface area contributed by atoms with Gasteiger partial charge >= 0.3 is 6.09 Å². The molecule has 0 aromatic rings. The van der Waals surface area contributed by atoms with Crippen molar-refractivity contribution < 1.29 is 14.3 Å². The summed E-state index contributed by atoms with van der Waals surface area (Å²) < 4.78 is 5.15. The molecule has 0 radical (unpaired) electrons. The van der Waals surface area contributed by atoms with Gasteiger partial charge < -0.3 is 10.1 Å². The van der Waals surface area contributed by atoms with E-state index in [0.717, 1.165) is 0 Å². The van der Waals surface area contributed by atoms with Crippen LogP contribution in [0.3, 0.4) is 0 Å². The number of hydrogen-bond acceptors (Lipinski definition) is 3. The number of ether oxygens (including phenoxy) is 1. The van der Waals surface area contributed by atoms with E-state index >= 15 is 0 Å². The Balaban J connectivity index is 4.22. The quantitative estimate of drug-likeness (QED) is 0.785. The van der Waals surface area contributed by atoms with Gasteiger partial charge in [-0.3, -0.25) is 4.79 Å². The minimum atomic E-state index is -0.749. The lowest BCUT2D eigenvalue weighted by atomic mass is 10.0. The molecule has 4 heteroatoms. The van der Waals surface area contributed by atoms with Crippen LogP contribution in [0.5, 0.6) is 0 Å². The Kier molecular flexibility index (Phi) is 4.31. The molecule has 0 saturated carbocycles. The molecule has 0 aromatic heterocycles. The highest BCUT2D eigenvalue weighted by molar-refractivity contribution is 5.77. The SMILES string of the molecule is CC(=O)CC(C)(C)OC(=O)NC(C)(C)C. The van der Waals surface area contributed by atoms with Gasteiger partial charge in [0.05, 0.1) is 0 Å². The summed E-state index contributed by atoms with van der Waals surface area (Å²) in [5.74, 6) is 0.00330. The maximum Gasteiger partial charge on any atom is 0.408 e. The average molecular weight is 215 g/mol. The van der Waals surface area contributed by atoms with Gasteiger partial charge in [-0.15, -0.1) is 0 Å². The molecule has 4 nitrogen and oxygen atoms in total. The van der Waals surface area contributed by atoms with Crippen molar-refractivity contribution in [2.24, 2.45) is 0 Å². The molecule has 0 aliphatic heterocycles. The Morgan fingerprint density at radius 3 is 1.93 bits per heavy atom. The van der Waals surface area contributed by atoms with Crippen LogP contribution in [0.15, 0.2) is 0 Å². The van der Waals surface area contributed by atoms with Crippen LogP contribution in [-0.2, 0) is 9.53 Å². The number of ketones is 1. The van der Waals surface area contributed by atoms with Crippen molar-refractivity contribution in [2.75, 3.05) is 0 Å². The molecule has 1 N–H and O–H groups in total. The summed E-state index contributed by atoms with van der Waals surface area (Å²) in [6.45, 7) is 10.5. The van der Waals surface area contributed by atoms with Crippen LogP contribution in [0.2, 0.25) is 0 Å². The first kappa shape index (κ1) is 13.9. The van der Waals surface area contributed by atoms with Crippen LogP contribution in [0.25, 0.3) is 0 Å². The van der Waals surface area contributed by atoms with E-state index in [2.05, 4.69) is 5.32 Å². The minimum absolute atomic E-state index is 0.00330.